The van der Waals surface area contributed by atoms with E-state index in [1.54, 1.807) is 0 Å². The predicted molar refractivity (Wildman–Crippen MR) is 119 cm³/mol. The fraction of sp³-hybridized carbons (Fsp3) is 0.360. The molecule has 0 radical (unpaired) electrons. The lowest BCUT2D eigenvalue weighted by atomic mass is 9.82. The lowest BCUT2D eigenvalue weighted by molar-refractivity contribution is -0.143. The summed E-state index contributed by atoms with van der Waals surface area (Å²) in [4.78, 5) is 23.5. The number of carbonyl (C=O) groups is 2. The number of aromatic nitrogens is 1. The third-order valence-corrected chi connectivity index (χ3v) is 6.09. The van der Waals surface area contributed by atoms with Gasteiger partial charge >= 0.3 is 5.97 Å². The Bertz CT molecular complexity index is 1040. The van der Waals surface area contributed by atoms with Crippen LogP contribution in [0.2, 0.25) is 0 Å². The number of hydrogen-bond donors (Lipinski definition) is 2. The number of amides is 1. The highest BCUT2D eigenvalue weighted by Gasteiger charge is 2.26. The Hall–Kier alpha value is -3.28. The number of nitrogens with zero attached hydrogens (tertiary/aromatic N) is 1. The first kappa shape index (κ1) is 21.0. The minimum atomic E-state index is -0.699. The number of benzene rings is 2. The lowest BCUT2D eigenvalue weighted by Crippen LogP contribution is -2.34. The first-order valence-corrected chi connectivity index (χ1v) is 10.8. The maximum atomic E-state index is 12.4. The van der Waals surface area contributed by atoms with E-state index >= 15 is 0 Å². The molecule has 0 spiro atoms. The van der Waals surface area contributed by atoms with E-state index in [0.717, 1.165) is 35.1 Å². The van der Waals surface area contributed by atoms with Gasteiger partial charge in [0.15, 0.2) is 0 Å². The Kier molecular flexibility index (Phi) is 6.55. The minimum absolute atomic E-state index is 0.0257. The molecular weight excluding hydrogens is 392 g/mol. The molecule has 1 amide bonds. The Morgan fingerprint density at radius 3 is 2.55 bits per heavy atom. The van der Waals surface area contributed by atoms with Gasteiger partial charge in [0.1, 0.15) is 18.9 Å². The van der Waals surface area contributed by atoms with E-state index in [2.05, 4.69) is 5.32 Å². The molecule has 2 aromatic carbocycles. The summed E-state index contributed by atoms with van der Waals surface area (Å²) in [7, 11) is 0. The van der Waals surface area contributed by atoms with Crippen molar-refractivity contribution in [3.05, 3.63) is 66.4 Å². The zero-order chi connectivity index (χ0) is 21.6. The number of fused-ring (bicyclic) bond motifs is 1. The van der Waals surface area contributed by atoms with Crippen LogP contribution in [0.15, 0.2) is 60.8 Å². The van der Waals surface area contributed by atoms with Gasteiger partial charge in [-0.25, -0.2) is 0 Å². The second-order valence-electron chi connectivity index (χ2n) is 8.30. The molecule has 0 saturated heterocycles. The van der Waals surface area contributed by atoms with Gasteiger partial charge in [-0.2, -0.15) is 0 Å². The number of nitrogens with one attached hydrogen (secondary N) is 1. The van der Waals surface area contributed by atoms with Gasteiger partial charge in [-0.05, 0) is 61.4 Å². The van der Waals surface area contributed by atoms with Gasteiger partial charge in [0, 0.05) is 23.6 Å². The monoisotopic (exact) mass is 420 g/mol. The molecule has 2 N–H and O–H groups in total. The van der Waals surface area contributed by atoms with Crippen molar-refractivity contribution in [3.8, 4) is 5.75 Å². The second kappa shape index (κ2) is 9.69. The van der Waals surface area contributed by atoms with E-state index in [4.69, 9.17) is 9.84 Å². The Balaban J connectivity index is 1.28. The van der Waals surface area contributed by atoms with Crippen molar-refractivity contribution in [2.45, 2.75) is 38.8 Å². The summed E-state index contributed by atoms with van der Waals surface area (Å²) in [6.07, 6.45) is 5.04. The van der Waals surface area contributed by atoms with E-state index in [0.29, 0.717) is 31.9 Å². The normalized spacial score (nSPS) is 18.6. The molecule has 1 aliphatic rings. The van der Waals surface area contributed by atoms with Crippen molar-refractivity contribution in [1.82, 2.24) is 9.88 Å². The Morgan fingerprint density at radius 2 is 1.81 bits per heavy atom. The number of hydrogen-bond acceptors (Lipinski definition) is 3. The largest absolute Gasteiger partial charge is 0.489 e. The molecule has 1 fully saturated rings. The van der Waals surface area contributed by atoms with Crippen LogP contribution < -0.4 is 10.1 Å². The summed E-state index contributed by atoms with van der Waals surface area (Å²) >= 11 is 0. The molecule has 0 bridgehead atoms. The molecule has 6 nitrogen and oxygen atoms in total. The van der Waals surface area contributed by atoms with Crippen molar-refractivity contribution >= 4 is 22.8 Å². The van der Waals surface area contributed by atoms with Crippen LogP contribution in [0.4, 0.5) is 0 Å². The molecular formula is C25H28N2O4. The van der Waals surface area contributed by atoms with Gasteiger partial charge in [-0.3, -0.25) is 9.59 Å². The number of aliphatic carboxylic acids is 1. The van der Waals surface area contributed by atoms with Crippen LogP contribution in [0.3, 0.4) is 0 Å². The smallest absolute Gasteiger partial charge is 0.306 e. The summed E-state index contributed by atoms with van der Waals surface area (Å²) in [5.74, 6) is 0.221. The SMILES string of the molecule is O=C(Cn1ccc2cc(OCc3ccccc3)ccc21)NCC1CCC(C(=O)O)CC1. The summed E-state index contributed by atoms with van der Waals surface area (Å²) in [6, 6.07) is 17.9. The molecule has 31 heavy (non-hydrogen) atoms. The van der Waals surface area contributed by atoms with Crippen molar-refractivity contribution in [3.63, 3.8) is 0 Å². The Morgan fingerprint density at radius 1 is 1.03 bits per heavy atom. The van der Waals surface area contributed by atoms with E-state index in [-0.39, 0.29) is 18.4 Å². The molecule has 1 saturated carbocycles. The van der Waals surface area contributed by atoms with Gasteiger partial charge in [-0.15, -0.1) is 0 Å². The predicted octanol–water partition coefficient (Wildman–Crippen LogP) is 4.23. The van der Waals surface area contributed by atoms with E-state index < -0.39 is 5.97 Å². The van der Waals surface area contributed by atoms with Crippen LogP contribution in [0.5, 0.6) is 5.75 Å². The number of carboxylic acid groups (broad SMARTS) is 1. The quantitative estimate of drug-likeness (QED) is 0.572. The molecule has 1 heterocycles. The second-order valence-corrected chi connectivity index (χ2v) is 8.30. The lowest BCUT2D eigenvalue weighted by Gasteiger charge is -2.26. The standard InChI is InChI=1S/C25H28N2O4/c28-24(26-15-18-6-8-20(9-7-18)25(29)30)16-27-13-12-21-14-22(10-11-23(21)27)31-17-19-4-2-1-3-5-19/h1-5,10-14,18,20H,6-9,15-17H2,(H,26,28)(H,29,30). The maximum absolute atomic E-state index is 12.4. The van der Waals surface area contributed by atoms with Gasteiger partial charge in [0.05, 0.1) is 5.92 Å². The third-order valence-electron chi connectivity index (χ3n) is 6.09. The van der Waals surface area contributed by atoms with Crippen LogP contribution in [0, 0.1) is 11.8 Å². The molecule has 0 atom stereocenters. The highest BCUT2D eigenvalue weighted by atomic mass is 16.5. The maximum Gasteiger partial charge on any atom is 0.306 e. The van der Waals surface area contributed by atoms with Crippen molar-refractivity contribution in [2.75, 3.05) is 6.54 Å². The molecule has 6 heteroatoms. The zero-order valence-electron chi connectivity index (χ0n) is 17.5. The molecule has 0 unspecified atom stereocenters. The first-order chi connectivity index (χ1) is 15.1. The molecule has 3 aromatic rings. The molecule has 0 aliphatic heterocycles. The summed E-state index contributed by atoms with van der Waals surface area (Å²) in [5.41, 5.74) is 2.11. The topological polar surface area (TPSA) is 80.6 Å². The van der Waals surface area contributed by atoms with Gasteiger partial charge in [0.25, 0.3) is 0 Å². The van der Waals surface area contributed by atoms with E-state index in [1.807, 2.05) is 65.4 Å². The number of carboxylic acids is 1. The van der Waals surface area contributed by atoms with Crippen molar-refractivity contribution in [2.24, 2.45) is 11.8 Å². The average molecular weight is 421 g/mol. The zero-order valence-corrected chi connectivity index (χ0v) is 17.5. The van der Waals surface area contributed by atoms with Crippen LogP contribution in [0.1, 0.15) is 31.2 Å². The summed E-state index contributed by atoms with van der Waals surface area (Å²) in [5, 5.41) is 13.1. The van der Waals surface area contributed by atoms with Crippen LogP contribution in [-0.2, 0) is 22.7 Å². The van der Waals surface area contributed by atoms with E-state index in [9.17, 15) is 9.59 Å². The van der Waals surface area contributed by atoms with Crippen LogP contribution in [0.25, 0.3) is 10.9 Å². The highest BCUT2D eigenvalue weighted by Crippen LogP contribution is 2.28. The minimum Gasteiger partial charge on any atom is -0.489 e. The van der Waals surface area contributed by atoms with E-state index in [1.165, 1.54) is 0 Å². The Labute approximate surface area is 181 Å². The van der Waals surface area contributed by atoms with Crippen molar-refractivity contribution < 1.29 is 19.4 Å². The van der Waals surface area contributed by atoms with Crippen molar-refractivity contribution in [1.29, 1.82) is 0 Å². The molecule has 162 valence electrons. The van der Waals surface area contributed by atoms with Crippen LogP contribution >= 0.6 is 0 Å². The summed E-state index contributed by atoms with van der Waals surface area (Å²) in [6.45, 7) is 1.39. The molecule has 1 aliphatic carbocycles. The molecule has 1 aromatic heterocycles. The number of ether oxygens (including phenoxy) is 1. The molecule has 4 rings (SSSR count). The van der Waals surface area contributed by atoms with Gasteiger partial charge < -0.3 is 19.7 Å². The first-order valence-electron chi connectivity index (χ1n) is 10.8. The third kappa shape index (κ3) is 5.45. The number of carbonyl (C=O) groups excluding carboxylic acids is 1. The fourth-order valence-electron chi connectivity index (χ4n) is 4.23. The summed E-state index contributed by atoms with van der Waals surface area (Å²) < 4.78 is 7.83. The van der Waals surface area contributed by atoms with Crippen LogP contribution in [-0.4, -0.2) is 28.1 Å². The fourth-order valence-corrected chi connectivity index (χ4v) is 4.23. The average Bonchev–Trinajstić information content (AvgIpc) is 3.19. The van der Waals surface area contributed by atoms with Gasteiger partial charge in [-0.1, -0.05) is 30.3 Å². The number of rotatable bonds is 8. The van der Waals surface area contributed by atoms with Gasteiger partial charge in [0.2, 0.25) is 5.91 Å². The highest BCUT2D eigenvalue weighted by molar-refractivity contribution is 5.84.